The van der Waals surface area contributed by atoms with Crippen LogP contribution < -0.4 is 5.32 Å². The number of halogens is 1. The summed E-state index contributed by atoms with van der Waals surface area (Å²) in [5.74, 6) is 0.227. The van der Waals surface area contributed by atoms with Gasteiger partial charge in [-0.1, -0.05) is 6.07 Å². The molecule has 2 aromatic heterocycles. The largest absolute Gasteiger partial charge is 0.348 e. The van der Waals surface area contributed by atoms with E-state index in [2.05, 4.69) is 15.4 Å². The van der Waals surface area contributed by atoms with Crippen LogP contribution in [-0.2, 0) is 6.54 Å². The van der Waals surface area contributed by atoms with Crippen molar-refractivity contribution in [2.24, 2.45) is 0 Å². The summed E-state index contributed by atoms with van der Waals surface area (Å²) in [6.07, 6.45) is 5.05. The Morgan fingerprint density at radius 1 is 1.28 bits per heavy atom. The number of carbonyl (C=O) groups is 1. The summed E-state index contributed by atoms with van der Waals surface area (Å²) < 4.78 is 2.25. The minimum absolute atomic E-state index is 0.121. The van der Waals surface area contributed by atoms with Crippen molar-refractivity contribution in [3.05, 3.63) is 79.8 Å². The van der Waals surface area contributed by atoms with E-state index in [4.69, 9.17) is 0 Å². The zero-order valence-electron chi connectivity index (χ0n) is 12.8. The molecule has 2 heterocycles. The fraction of sp³-hybridized carbons (Fsp3) is 0.0625. The summed E-state index contributed by atoms with van der Waals surface area (Å²) in [6, 6.07) is 9.58. The highest BCUT2D eigenvalue weighted by Gasteiger charge is 2.16. The molecule has 1 amide bonds. The maximum atomic E-state index is 12.4. The molecule has 0 saturated heterocycles. The van der Waals surface area contributed by atoms with E-state index < -0.39 is 4.92 Å². The number of hydrogen-bond acceptors (Lipinski definition) is 5. The number of aromatic nitrogens is 3. The number of rotatable bonds is 5. The Labute approximate surface area is 156 Å². The van der Waals surface area contributed by atoms with Gasteiger partial charge in [-0.25, -0.2) is 9.67 Å². The maximum Gasteiger partial charge on any atom is 0.270 e. The lowest BCUT2D eigenvalue weighted by Gasteiger charge is -2.10. The van der Waals surface area contributed by atoms with Gasteiger partial charge in [-0.3, -0.25) is 14.9 Å². The van der Waals surface area contributed by atoms with Crippen LogP contribution in [0, 0.1) is 13.7 Å². The predicted octanol–water partition coefficient (Wildman–Crippen LogP) is 2.71. The van der Waals surface area contributed by atoms with Crippen LogP contribution in [0.4, 0.5) is 5.69 Å². The van der Waals surface area contributed by atoms with E-state index >= 15 is 0 Å². The quantitative estimate of drug-likeness (QED) is 0.367. The third-order valence-corrected chi connectivity index (χ3v) is 4.37. The van der Waals surface area contributed by atoms with Gasteiger partial charge < -0.3 is 5.32 Å². The van der Waals surface area contributed by atoms with E-state index in [0.717, 1.165) is 5.56 Å². The van der Waals surface area contributed by atoms with Gasteiger partial charge in [0.1, 0.15) is 0 Å². The second-order valence-corrected chi connectivity index (χ2v) is 6.20. The Balaban J connectivity index is 1.80. The molecule has 0 aliphatic carbocycles. The van der Waals surface area contributed by atoms with E-state index in [0.29, 0.717) is 9.39 Å². The number of non-ortho nitro benzene ring substituents is 1. The molecule has 0 radical (unpaired) electrons. The molecular weight excluding hydrogens is 437 g/mol. The molecular formula is C16H12IN5O3. The second-order valence-electron chi connectivity index (χ2n) is 5.04. The topological polar surface area (TPSA) is 103 Å². The number of nitrogens with one attached hydrogen (secondary N) is 1. The highest BCUT2D eigenvalue weighted by Crippen LogP contribution is 2.20. The number of benzene rings is 1. The first-order valence-corrected chi connectivity index (χ1v) is 8.30. The van der Waals surface area contributed by atoms with Crippen molar-refractivity contribution in [1.29, 1.82) is 0 Å². The van der Waals surface area contributed by atoms with E-state index in [1.54, 1.807) is 41.5 Å². The van der Waals surface area contributed by atoms with Crippen molar-refractivity contribution in [2.45, 2.75) is 6.54 Å². The minimum Gasteiger partial charge on any atom is -0.348 e. The molecule has 8 nitrogen and oxygen atoms in total. The third kappa shape index (κ3) is 3.82. The third-order valence-electron chi connectivity index (χ3n) is 3.43. The van der Waals surface area contributed by atoms with Crippen LogP contribution in [0.3, 0.4) is 0 Å². The van der Waals surface area contributed by atoms with Crippen LogP contribution >= 0.6 is 22.6 Å². The maximum absolute atomic E-state index is 12.4. The van der Waals surface area contributed by atoms with Crippen LogP contribution in [0.15, 0.2) is 55.0 Å². The van der Waals surface area contributed by atoms with Gasteiger partial charge in [-0.2, -0.15) is 5.10 Å². The first kappa shape index (κ1) is 17.0. The summed E-state index contributed by atoms with van der Waals surface area (Å²) in [7, 11) is 0. The standard InChI is InChI=1S/C16H12IN5O3/c17-14-5-4-12(22(24)25)9-13(14)16(23)19-10-11-3-1-6-18-15(11)21-8-2-7-20-21/h1-9H,10H2,(H,19,23). The lowest BCUT2D eigenvalue weighted by molar-refractivity contribution is -0.384. The fourth-order valence-corrected chi connectivity index (χ4v) is 2.82. The van der Waals surface area contributed by atoms with Crippen molar-refractivity contribution in [1.82, 2.24) is 20.1 Å². The molecule has 0 saturated carbocycles. The minimum atomic E-state index is -0.524. The summed E-state index contributed by atoms with van der Waals surface area (Å²) in [5.41, 5.74) is 0.920. The highest BCUT2D eigenvalue weighted by atomic mass is 127. The van der Waals surface area contributed by atoms with Crippen LogP contribution in [-0.4, -0.2) is 25.6 Å². The molecule has 1 N–H and O–H groups in total. The summed E-state index contributed by atoms with van der Waals surface area (Å²) in [4.78, 5) is 27.1. The first-order valence-electron chi connectivity index (χ1n) is 7.22. The number of nitro groups is 1. The average molecular weight is 449 g/mol. The van der Waals surface area contributed by atoms with E-state index in [1.165, 1.54) is 12.1 Å². The summed E-state index contributed by atoms with van der Waals surface area (Å²) in [5, 5.41) is 17.8. The molecule has 0 fully saturated rings. The molecule has 3 aromatic rings. The Morgan fingerprint density at radius 3 is 2.84 bits per heavy atom. The Morgan fingerprint density at radius 2 is 2.12 bits per heavy atom. The Bertz CT molecular complexity index is 927. The first-order chi connectivity index (χ1) is 12.1. The van der Waals surface area contributed by atoms with Crippen molar-refractivity contribution in [3.63, 3.8) is 0 Å². The lowest BCUT2D eigenvalue weighted by Crippen LogP contribution is -2.24. The van der Waals surface area contributed by atoms with Gasteiger partial charge in [-0.15, -0.1) is 0 Å². The van der Waals surface area contributed by atoms with Gasteiger partial charge in [-0.05, 0) is 40.8 Å². The molecule has 9 heteroatoms. The number of carbonyl (C=O) groups excluding carboxylic acids is 1. The number of amides is 1. The molecule has 0 aliphatic rings. The smallest absolute Gasteiger partial charge is 0.270 e. The molecule has 0 bridgehead atoms. The second kappa shape index (κ2) is 7.38. The summed E-state index contributed by atoms with van der Waals surface area (Å²) in [6.45, 7) is 0.223. The average Bonchev–Trinajstić information content (AvgIpc) is 3.14. The molecule has 0 unspecified atom stereocenters. The van der Waals surface area contributed by atoms with Crippen molar-refractivity contribution < 1.29 is 9.72 Å². The molecule has 25 heavy (non-hydrogen) atoms. The van der Waals surface area contributed by atoms with Crippen molar-refractivity contribution in [3.8, 4) is 5.82 Å². The van der Waals surface area contributed by atoms with Crippen molar-refractivity contribution >= 4 is 34.2 Å². The number of nitro benzene ring substituents is 1. The van der Waals surface area contributed by atoms with Gasteiger partial charge in [0.05, 0.1) is 10.5 Å². The van der Waals surface area contributed by atoms with Gasteiger partial charge >= 0.3 is 0 Å². The molecule has 0 atom stereocenters. The number of pyridine rings is 1. The van der Waals surface area contributed by atoms with E-state index in [-0.39, 0.29) is 23.7 Å². The van der Waals surface area contributed by atoms with Crippen LogP contribution in [0.1, 0.15) is 15.9 Å². The summed E-state index contributed by atoms with van der Waals surface area (Å²) >= 11 is 1.98. The zero-order chi connectivity index (χ0) is 17.8. The SMILES string of the molecule is O=C(NCc1cccnc1-n1cccn1)c1cc([N+](=O)[O-])ccc1I. The highest BCUT2D eigenvalue weighted by molar-refractivity contribution is 14.1. The van der Waals surface area contributed by atoms with E-state index in [1.807, 2.05) is 28.7 Å². The Kier molecular flexibility index (Phi) is 5.03. The van der Waals surface area contributed by atoms with Gasteiger partial charge in [0.15, 0.2) is 5.82 Å². The number of hydrogen-bond donors (Lipinski definition) is 1. The van der Waals surface area contributed by atoms with Crippen LogP contribution in [0.5, 0.6) is 0 Å². The van der Waals surface area contributed by atoms with Crippen molar-refractivity contribution in [2.75, 3.05) is 0 Å². The monoisotopic (exact) mass is 449 g/mol. The van der Waals surface area contributed by atoms with Gasteiger partial charge in [0.2, 0.25) is 0 Å². The van der Waals surface area contributed by atoms with Crippen LogP contribution in [0.2, 0.25) is 0 Å². The van der Waals surface area contributed by atoms with Gasteiger partial charge in [0, 0.05) is 46.4 Å². The predicted molar refractivity (Wildman–Crippen MR) is 98.3 cm³/mol. The zero-order valence-corrected chi connectivity index (χ0v) is 15.0. The molecule has 3 rings (SSSR count). The fourth-order valence-electron chi connectivity index (χ4n) is 2.24. The molecule has 1 aromatic carbocycles. The molecule has 0 aliphatic heterocycles. The normalized spacial score (nSPS) is 10.4. The number of nitrogens with zero attached hydrogens (tertiary/aromatic N) is 4. The lowest BCUT2D eigenvalue weighted by atomic mass is 10.2. The van der Waals surface area contributed by atoms with Gasteiger partial charge in [0.25, 0.3) is 11.6 Å². The van der Waals surface area contributed by atoms with Crippen LogP contribution in [0.25, 0.3) is 5.82 Å². The molecule has 126 valence electrons. The Hall–Kier alpha value is -2.82. The molecule has 0 spiro atoms. The van der Waals surface area contributed by atoms with E-state index in [9.17, 15) is 14.9 Å².